The fraction of sp³-hybridized carbons (Fsp3) is 0.158. The number of hydrogen-bond donors (Lipinski definition) is 2. The highest BCUT2D eigenvalue weighted by molar-refractivity contribution is 6.10. The fourth-order valence-corrected chi connectivity index (χ4v) is 2.22. The molecule has 0 aliphatic heterocycles. The number of hydrogen-bond acceptors (Lipinski definition) is 5. The average Bonchev–Trinajstić information content (AvgIpc) is 2.62. The highest BCUT2D eigenvalue weighted by Crippen LogP contribution is 2.37. The first kappa shape index (κ1) is 17.9. The molecule has 2 N–H and O–H groups in total. The molecule has 1 amide bonds. The van der Waals surface area contributed by atoms with Gasteiger partial charge in [-0.05, 0) is 42.3 Å². The molecule has 128 valence electrons. The maximum atomic E-state index is 12.4. The Balaban J connectivity index is 2.36. The number of benzene rings is 2. The number of nitrogens with zero attached hydrogens (tertiary/aromatic N) is 1. The van der Waals surface area contributed by atoms with Crippen LogP contribution in [0.4, 0.5) is 5.69 Å². The number of phenolic OH excluding ortho intramolecular Hbond substituents is 1. The van der Waals surface area contributed by atoms with Gasteiger partial charge in [0.25, 0.3) is 5.91 Å². The summed E-state index contributed by atoms with van der Waals surface area (Å²) in [7, 11) is 2.80. The van der Waals surface area contributed by atoms with Crippen molar-refractivity contribution in [3.05, 3.63) is 53.1 Å². The number of nitriles is 1. The molecule has 0 saturated carbocycles. The predicted molar refractivity (Wildman–Crippen MR) is 94.6 cm³/mol. The summed E-state index contributed by atoms with van der Waals surface area (Å²) < 4.78 is 10.1. The molecular formula is C19H18N2O4. The summed E-state index contributed by atoms with van der Waals surface area (Å²) in [4.78, 5) is 12.4. The van der Waals surface area contributed by atoms with Crippen LogP contribution in [0, 0.1) is 18.3 Å². The molecule has 2 aromatic carbocycles. The van der Waals surface area contributed by atoms with Crippen molar-refractivity contribution in [3.8, 4) is 23.3 Å². The number of aromatic hydroxyl groups is 1. The van der Waals surface area contributed by atoms with Crippen molar-refractivity contribution >= 4 is 17.7 Å². The second-order valence-corrected chi connectivity index (χ2v) is 5.21. The van der Waals surface area contributed by atoms with Crippen molar-refractivity contribution in [2.45, 2.75) is 6.92 Å². The highest BCUT2D eigenvalue weighted by atomic mass is 16.5. The average molecular weight is 338 g/mol. The van der Waals surface area contributed by atoms with E-state index in [0.29, 0.717) is 11.3 Å². The summed E-state index contributed by atoms with van der Waals surface area (Å²) in [5.41, 5.74) is 1.93. The molecule has 25 heavy (non-hydrogen) atoms. The quantitative estimate of drug-likeness (QED) is 0.645. The summed E-state index contributed by atoms with van der Waals surface area (Å²) in [6.07, 6.45) is 1.40. The predicted octanol–water partition coefficient (Wildman–Crippen LogP) is 3.26. The minimum atomic E-state index is -0.525. The van der Waals surface area contributed by atoms with Crippen molar-refractivity contribution in [2.75, 3.05) is 19.5 Å². The molecule has 0 bridgehead atoms. The summed E-state index contributed by atoms with van der Waals surface area (Å²) in [6, 6.07) is 12.2. The van der Waals surface area contributed by atoms with Crippen LogP contribution in [-0.4, -0.2) is 25.2 Å². The number of nitrogens with one attached hydrogen (secondary N) is 1. The van der Waals surface area contributed by atoms with Gasteiger partial charge in [-0.25, -0.2) is 0 Å². The Kier molecular flexibility index (Phi) is 5.64. The first-order chi connectivity index (χ1) is 12.0. The van der Waals surface area contributed by atoms with Gasteiger partial charge >= 0.3 is 0 Å². The SMILES string of the molecule is COc1cc(/C=C(/C#N)C(=O)Nc2ccccc2C)cc(OC)c1O. The number of methoxy groups -OCH3 is 2. The van der Waals surface area contributed by atoms with Gasteiger partial charge in [0.05, 0.1) is 14.2 Å². The highest BCUT2D eigenvalue weighted by Gasteiger charge is 2.14. The zero-order valence-electron chi connectivity index (χ0n) is 14.2. The number of phenols is 1. The second kappa shape index (κ2) is 7.88. The van der Waals surface area contributed by atoms with Crippen molar-refractivity contribution in [1.82, 2.24) is 0 Å². The van der Waals surface area contributed by atoms with E-state index >= 15 is 0 Å². The van der Waals surface area contributed by atoms with Crippen LogP contribution >= 0.6 is 0 Å². The van der Waals surface area contributed by atoms with Crippen LogP contribution in [-0.2, 0) is 4.79 Å². The number of carbonyl (C=O) groups is 1. The van der Waals surface area contributed by atoms with Gasteiger partial charge in [-0.15, -0.1) is 0 Å². The molecule has 0 unspecified atom stereocenters. The van der Waals surface area contributed by atoms with Crippen LogP contribution in [0.5, 0.6) is 17.2 Å². The Bertz CT molecular complexity index is 841. The van der Waals surface area contributed by atoms with Gasteiger partial charge in [0.1, 0.15) is 11.6 Å². The van der Waals surface area contributed by atoms with Crippen LogP contribution in [0.2, 0.25) is 0 Å². The first-order valence-electron chi connectivity index (χ1n) is 7.44. The first-order valence-corrected chi connectivity index (χ1v) is 7.44. The van der Waals surface area contributed by atoms with Crippen molar-refractivity contribution in [1.29, 1.82) is 5.26 Å². The van der Waals surface area contributed by atoms with Crippen LogP contribution in [0.1, 0.15) is 11.1 Å². The maximum Gasteiger partial charge on any atom is 0.266 e. The maximum absolute atomic E-state index is 12.4. The Morgan fingerprint density at radius 3 is 2.32 bits per heavy atom. The summed E-state index contributed by atoms with van der Waals surface area (Å²) in [5, 5.41) is 22.0. The lowest BCUT2D eigenvalue weighted by atomic mass is 10.1. The van der Waals surface area contributed by atoms with Gasteiger partial charge in [0.2, 0.25) is 5.75 Å². The molecule has 0 aliphatic carbocycles. The lowest BCUT2D eigenvalue weighted by molar-refractivity contribution is -0.112. The van der Waals surface area contributed by atoms with E-state index in [9.17, 15) is 15.2 Å². The van der Waals surface area contributed by atoms with Gasteiger partial charge < -0.3 is 19.9 Å². The molecule has 0 fully saturated rings. The van der Waals surface area contributed by atoms with Crippen LogP contribution in [0.15, 0.2) is 42.0 Å². The number of amides is 1. The van der Waals surface area contributed by atoms with Gasteiger partial charge in [-0.2, -0.15) is 5.26 Å². The number of para-hydroxylation sites is 1. The number of aryl methyl sites for hydroxylation is 1. The monoisotopic (exact) mass is 338 g/mol. The Morgan fingerprint density at radius 2 is 1.80 bits per heavy atom. The fourth-order valence-electron chi connectivity index (χ4n) is 2.22. The van der Waals surface area contributed by atoms with E-state index < -0.39 is 5.91 Å². The standard InChI is InChI=1S/C19H18N2O4/c1-12-6-4-5-7-15(12)21-19(23)14(11-20)8-13-9-16(24-2)18(22)17(10-13)25-3/h4-10,22H,1-3H3,(H,21,23)/b14-8-. The minimum Gasteiger partial charge on any atom is -0.502 e. The molecule has 0 atom stereocenters. The molecule has 2 rings (SSSR count). The van der Waals surface area contributed by atoms with Crippen molar-refractivity contribution in [2.24, 2.45) is 0 Å². The number of anilines is 1. The molecule has 0 aliphatic rings. The van der Waals surface area contributed by atoms with Gasteiger partial charge in [0.15, 0.2) is 11.5 Å². The molecule has 6 nitrogen and oxygen atoms in total. The van der Waals surface area contributed by atoms with Crippen LogP contribution in [0.3, 0.4) is 0 Å². The third-order valence-corrected chi connectivity index (χ3v) is 3.57. The summed E-state index contributed by atoms with van der Waals surface area (Å²) in [6.45, 7) is 1.86. The topological polar surface area (TPSA) is 91.6 Å². The molecule has 0 heterocycles. The van der Waals surface area contributed by atoms with E-state index in [1.807, 2.05) is 25.1 Å². The van der Waals surface area contributed by atoms with E-state index in [1.165, 1.54) is 32.4 Å². The molecule has 0 radical (unpaired) electrons. The zero-order valence-corrected chi connectivity index (χ0v) is 14.2. The summed E-state index contributed by atoms with van der Waals surface area (Å²) in [5.74, 6) is -0.308. The van der Waals surface area contributed by atoms with Crippen LogP contribution in [0.25, 0.3) is 6.08 Å². The Morgan fingerprint density at radius 1 is 1.20 bits per heavy atom. The van der Waals surface area contributed by atoms with Crippen molar-refractivity contribution in [3.63, 3.8) is 0 Å². The number of ether oxygens (including phenoxy) is 2. The number of carbonyl (C=O) groups excluding carboxylic acids is 1. The third-order valence-electron chi connectivity index (χ3n) is 3.57. The van der Waals surface area contributed by atoms with E-state index in [2.05, 4.69) is 5.32 Å². The molecule has 0 spiro atoms. The lowest BCUT2D eigenvalue weighted by Crippen LogP contribution is -2.14. The van der Waals surface area contributed by atoms with Crippen LogP contribution < -0.4 is 14.8 Å². The largest absolute Gasteiger partial charge is 0.502 e. The van der Waals surface area contributed by atoms with Gasteiger partial charge in [-0.1, -0.05) is 18.2 Å². The van der Waals surface area contributed by atoms with E-state index in [-0.39, 0.29) is 22.8 Å². The molecule has 0 saturated heterocycles. The normalized spacial score (nSPS) is 10.7. The second-order valence-electron chi connectivity index (χ2n) is 5.21. The van der Waals surface area contributed by atoms with Crippen molar-refractivity contribution < 1.29 is 19.4 Å². The lowest BCUT2D eigenvalue weighted by Gasteiger charge is -2.10. The number of rotatable bonds is 5. The van der Waals surface area contributed by atoms with E-state index in [1.54, 1.807) is 12.1 Å². The van der Waals surface area contributed by atoms with E-state index in [0.717, 1.165) is 5.56 Å². The zero-order chi connectivity index (χ0) is 18.4. The third kappa shape index (κ3) is 4.09. The van der Waals surface area contributed by atoms with Gasteiger partial charge in [-0.3, -0.25) is 4.79 Å². The summed E-state index contributed by atoms with van der Waals surface area (Å²) >= 11 is 0. The van der Waals surface area contributed by atoms with E-state index in [4.69, 9.17) is 9.47 Å². The van der Waals surface area contributed by atoms with Gasteiger partial charge in [0, 0.05) is 5.69 Å². The molecular weight excluding hydrogens is 320 g/mol. The smallest absolute Gasteiger partial charge is 0.266 e. The molecule has 6 heteroatoms. The Hall–Kier alpha value is -3.46. The Labute approximate surface area is 145 Å². The molecule has 0 aromatic heterocycles. The minimum absolute atomic E-state index is 0.0851. The molecule has 2 aromatic rings.